The molecule has 2 aliphatic heterocycles. The van der Waals surface area contributed by atoms with Gasteiger partial charge < -0.3 is 18.9 Å². The number of epoxide rings is 1. The average Bonchev–Trinajstić information content (AvgIpc) is 3.16. The molecule has 5 nitrogen and oxygen atoms in total. The summed E-state index contributed by atoms with van der Waals surface area (Å²) in [5.74, 6) is 1.09. The van der Waals surface area contributed by atoms with Crippen molar-refractivity contribution >= 4 is 5.97 Å². The van der Waals surface area contributed by atoms with Crippen LogP contribution in [0, 0.1) is 0 Å². The van der Waals surface area contributed by atoms with E-state index in [2.05, 4.69) is 0 Å². The first kappa shape index (κ1) is 12.3. The molecule has 5 heteroatoms. The van der Waals surface area contributed by atoms with E-state index < -0.39 is 11.7 Å². The van der Waals surface area contributed by atoms with E-state index in [1.807, 2.05) is 25.1 Å². The van der Waals surface area contributed by atoms with Crippen LogP contribution in [0.1, 0.15) is 18.9 Å². The molecule has 0 N–H and O–H groups in total. The molecule has 0 saturated carbocycles. The minimum absolute atomic E-state index is 0.352. The molecule has 2 atom stereocenters. The number of methoxy groups -OCH3 is 1. The number of fused-ring (bicyclic) bond motifs is 1. The molecule has 0 spiro atoms. The fourth-order valence-corrected chi connectivity index (χ4v) is 2.28. The van der Waals surface area contributed by atoms with E-state index in [0.29, 0.717) is 19.0 Å². The van der Waals surface area contributed by atoms with Gasteiger partial charge in [-0.1, -0.05) is 6.07 Å². The second-order valence-electron chi connectivity index (χ2n) is 4.84. The van der Waals surface area contributed by atoms with Crippen molar-refractivity contribution in [1.29, 1.82) is 0 Å². The molecule has 1 aromatic carbocycles. The Kier molecular flexibility index (Phi) is 2.86. The fraction of sp³-hybridized carbons (Fsp3) is 0.500. The average molecular weight is 264 g/mol. The van der Waals surface area contributed by atoms with Crippen molar-refractivity contribution in [3.8, 4) is 11.5 Å². The van der Waals surface area contributed by atoms with Crippen LogP contribution >= 0.6 is 0 Å². The number of carbonyl (C=O) groups is 1. The summed E-state index contributed by atoms with van der Waals surface area (Å²) in [7, 11) is 1.36. The Morgan fingerprint density at radius 2 is 2.05 bits per heavy atom. The molecule has 1 fully saturated rings. The molecule has 1 aromatic rings. The molecular weight excluding hydrogens is 248 g/mol. The van der Waals surface area contributed by atoms with Gasteiger partial charge in [-0.05, 0) is 24.6 Å². The summed E-state index contributed by atoms with van der Waals surface area (Å²) in [6.45, 7) is 3.16. The van der Waals surface area contributed by atoms with E-state index >= 15 is 0 Å². The number of hydrogen-bond donors (Lipinski definition) is 0. The minimum Gasteiger partial charge on any atom is -0.490 e. The minimum atomic E-state index is -0.627. The predicted molar refractivity (Wildman–Crippen MR) is 66.3 cm³/mol. The monoisotopic (exact) mass is 264 g/mol. The highest BCUT2D eigenvalue weighted by Crippen LogP contribution is 2.48. The number of benzene rings is 1. The Bertz CT molecular complexity index is 513. The summed E-state index contributed by atoms with van der Waals surface area (Å²) in [5.41, 5.74) is 0.268. The fourth-order valence-electron chi connectivity index (χ4n) is 2.28. The SMILES string of the molecule is COC(=O)C1OC1(C)c1ccc2c(c1)OCCCO2. The molecule has 0 bridgehead atoms. The highest BCUT2D eigenvalue weighted by atomic mass is 16.6. The van der Waals surface area contributed by atoms with Crippen LogP contribution < -0.4 is 9.47 Å². The summed E-state index contributed by atoms with van der Waals surface area (Å²) in [6.07, 6.45) is 0.324. The van der Waals surface area contributed by atoms with Crippen LogP contribution in [0.3, 0.4) is 0 Å². The molecule has 2 unspecified atom stereocenters. The predicted octanol–water partition coefficient (Wildman–Crippen LogP) is 1.63. The van der Waals surface area contributed by atoms with Gasteiger partial charge in [-0.15, -0.1) is 0 Å². The smallest absolute Gasteiger partial charge is 0.338 e. The molecule has 2 heterocycles. The van der Waals surface area contributed by atoms with Crippen LogP contribution in [0.4, 0.5) is 0 Å². The van der Waals surface area contributed by atoms with Crippen LogP contribution in [0.5, 0.6) is 11.5 Å². The molecule has 0 aromatic heterocycles. The molecule has 3 rings (SSSR count). The normalized spacial score (nSPS) is 28.4. The number of carbonyl (C=O) groups excluding carboxylic acids is 1. The zero-order valence-corrected chi connectivity index (χ0v) is 11.0. The van der Waals surface area contributed by atoms with Gasteiger partial charge in [0.05, 0.1) is 20.3 Å². The lowest BCUT2D eigenvalue weighted by Crippen LogP contribution is -2.17. The molecule has 19 heavy (non-hydrogen) atoms. The topological polar surface area (TPSA) is 57.3 Å². The summed E-state index contributed by atoms with van der Waals surface area (Å²) in [6, 6.07) is 5.64. The second kappa shape index (κ2) is 4.42. The molecule has 2 aliphatic rings. The van der Waals surface area contributed by atoms with Crippen molar-refractivity contribution in [3.05, 3.63) is 23.8 Å². The van der Waals surface area contributed by atoms with Crippen LogP contribution in [-0.4, -0.2) is 32.4 Å². The van der Waals surface area contributed by atoms with Crippen LogP contribution in [0.15, 0.2) is 18.2 Å². The van der Waals surface area contributed by atoms with Crippen LogP contribution in [0.25, 0.3) is 0 Å². The first-order valence-electron chi connectivity index (χ1n) is 6.31. The molecular formula is C14H16O5. The highest BCUT2D eigenvalue weighted by molar-refractivity contribution is 5.79. The lowest BCUT2D eigenvalue weighted by atomic mass is 9.97. The van der Waals surface area contributed by atoms with Gasteiger partial charge >= 0.3 is 5.97 Å². The van der Waals surface area contributed by atoms with Gasteiger partial charge in [0.25, 0.3) is 0 Å². The first-order valence-corrected chi connectivity index (χ1v) is 6.31. The van der Waals surface area contributed by atoms with Gasteiger partial charge in [0, 0.05) is 6.42 Å². The van der Waals surface area contributed by atoms with Gasteiger partial charge in [0.2, 0.25) is 0 Å². The summed E-state index contributed by atoms with van der Waals surface area (Å²) in [4.78, 5) is 11.5. The van der Waals surface area contributed by atoms with Gasteiger partial charge in [-0.2, -0.15) is 0 Å². The van der Waals surface area contributed by atoms with Crippen molar-refractivity contribution < 1.29 is 23.7 Å². The Balaban J connectivity index is 1.87. The lowest BCUT2D eigenvalue weighted by Gasteiger charge is -2.11. The third-order valence-corrected chi connectivity index (χ3v) is 3.54. The number of ether oxygens (including phenoxy) is 4. The lowest BCUT2D eigenvalue weighted by molar-refractivity contribution is -0.142. The zero-order valence-electron chi connectivity index (χ0n) is 11.0. The largest absolute Gasteiger partial charge is 0.490 e. The Labute approximate surface area is 111 Å². The van der Waals surface area contributed by atoms with Crippen LogP contribution in [-0.2, 0) is 19.9 Å². The Hall–Kier alpha value is -1.75. The molecule has 102 valence electrons. The van der Waals surface area contributed by atoms with E-state index in [9.17, 15) is 4.79 Å². The standard InChI is InChI=1S/C14H16O5/c1-14(12(19-14)13(15)16-2)9-4-5-10-11(8-9)18-7-3-6-17-10/h4-5,8,12H,3,6-7H2,1-2H3. The van der Waals surface area contributed by atoms with E-state index in [-0.39, 0.29) is 5.97 Å². The zero-order chi connectivity index (χ0) is 13.5. The summed E-state index contributed by atoms with van der Waals surface area (Å²) < 4.78 is 21.4. The maximum absolute atomic E-state index is 11.5. The molecule has 0 aliphatic carbocycles. The molecule has 0 radical (unpaired) electrons. The maximum atomic E-state index is 11.5. The third kappa shape index (κ3) is 2.04. The summed E-state index contributed by atoms with van der Waals surface area (Å²) in [5, 5.41) is 0. The molecule has 0 amide bonds. The Morgan fingerprint density at radius 3 is 2.79 bits per heavy atom. The van der Waals surface area contributed by atoms with Crippen molar-refractivity contribution in [3.63, 3.8) is 0 Å². The highest BCUT2D eigenvalue weighted by Gasteiger charge is 2.59. The van der Waals surface area contributed by atoms with Gasteiger partial charge in [0.1, 0.15) is 5.60 Å². The van der Waals surface area contributed by atoms with E-state index in [1.165, 1.54) is 7.11 Å². The maximum Gasteiger partial charge on any atom is 0.338 e. The van der Waals surface area contributed by atoms with E-state index in [4.69, 9.17) is 18.9 Å². The Morgan fingerprint density at radius 1 is 1.32 bits per heavy atom. The van der Waals surface area contributed by atoms with Gasteiger partial charge in [-0.25, -0.2) is 4.79 Å². The van der Waals surface area contributed by atoms with Crippen molar-refractivity contribution in [2.24, 2.45) is 0 Å². The number of hydrogen-bond acceptors (Lipinski definition) is 5. The number of rotatable bonds is 2. The van der Waals surface area contributed by atoms with Crippen molar-refractivity contribution in [1.82, 2.24) is 0 Å². The van der Waals surface area contributed by atoms with E-state index in [0.717, 1.165) is 17.7 Å². The van der Waals surface area contributed by atoms with Gasteiger partial charge in [-0.3, -0.25) is 0 Å². The van der Waals surface area contributed by atoms with E-state index in [1.54, 1.807) is 0 Å². The second-order valence-corrected chi connectivity index (χ2v) is 4.84. The quantitative estimate of drug-likeness (QED) is 0.600. The first-order chi connectivity index (χ1) is 9.15. The van der Waals surface area contributed by atoms with Crippen molar-refractivity contribution in [2.45, 2.75) is 25.0 Å². The van der Waals surface area contributed by atoms with Gasteiger partial charge in [0.15, 0.2) is 17.6 Å². The molecule has 1 saturated heterocycles. The summed E-state index contributed by atoms with van der Waals surface area (Å²) >= 11 is 0. The third-order valence-electron chi connectivity index (χ3n) is 3.54. The number of esters is 1. The van der Waals surface area contributed by atoms with Crippen LogP contribution in [0.2, 0.25) is 0 Å². The van der Waals surface area contributed by atoms with Crippen molar-refractivity contribution in [2.75, 3.05) is 20.3 Å².